The van der Waals surface area contributed by atoms with E-state index in [1.165, 1.54) is 12.1 Å². The van der Waals surface area contributed by atoms with E-state index in [1.54, 1.807) is 0 Å². The lowest BCUT2D eigenvalue weighted by atomic mass is 10.2. The maximum absolute atomic E-state index is 11.0. The molecule has 7 heteroatoms. The summed E-state index contributed by atoms with van der Waals surface area (Å²) in [5.41, 5.74) is 5.95. The van der Waals surface area contributed by atoms with E-state index < -0.39 is 5.97 Å². The zero-order valence-electron chi connectivity index (χ0n) is 8.93. The van der Waals surface area contributed by atoms with Crippen molar-refractivity contribution in [2.75, 3.05) is 17.6 Å². The fourth-order valence-electron chi connectivity index (χ4n) is 1.61. The van der Waals surface area contributed by atoms with Gasteiger partial charge in [-0.05, 0) is 12.1 Å². The van der Waals surface area contributed by atoms with Crippen LogP contribution in [0.3, 0.4) is 0 Å². The number of nitrogen functional groups attached to an aromatic ring is 1. The summed E-state index contributed by atoms with van der Waals surface area (Å²) in [6.45, 7) is 0.483. The van der Waals surface area contributed by atoms with Crippen LogP contribution in [0, 0.1) is 0 Å². The number of rotatable bonds is 3. The molecule has 0 spiro atoms. The highest BCUT2D eigenvalue weighted by atomic mass is 16.4. The van der Waals surface area contributed by atoms with Gasteiger partial charge in [0, 0.05) is 13.0 Å². The maximum atomic E-state index is 11.0. The Balaban J connectivity index is 2.17. The van der Waals surface area contributed by atoms with Crippen LogP contribution in [0.2, 0.25) is 0 Å². The Morgan fingerprint density at radius 1 is 1.59 bits per heavy atom. The zero-order valence-corrected chi connectivity index (χ0v) is 8.93. The highest BCUT2D eigenvalue weighted by Gasteiger charge is 2.22. The molecular formula is C10H12N4O3. The lowest BCUT2D eigenvalue weighted by molar-refractivity contribution is -0.119. The van der Waals surface area contributed by atoms with Crippen molar-refractivity contribution in [2.45, 2.75) is 12.5 Å². The summed E-state index contributed by atoms with van der Waals surface area (Å²) in [6.07, 6.45) is 0.332. The van der Waals surface area contributed by atoms with Gasteiger partial charge in [0.15, 0.2) is 5.69 Å². The van der Waals surface area contributed by atoms with E-state index in [-0.39, 0.29) is 17.6 Å². The number of carboxylic acids is 1. The molecule has 1 amide bonds. The number of nitrogens with one attached hydrogen (secondary N) is 2. The summed E-state index contributed by atoms with van der Waals surface area (Å²) in [6, 6.07) is 2.70. The average Bonchev–Trinajstić information content (AvgIpc) is 2.67. The largest absolute Gasteiger partial charge is 0.477 e. The van der Waals surface area contributed by atoms with Gasteiger partial charge < -0.3 is 21.5 Å². The van der Waals surface area contributed by atoms with Gasteiger partial charge in [-0.1, -0.05) is 0 Å². The van der Waals surface area contributed by atoms with Crippen LogP contribution in [0.1, 0.15) is 16.9 Å². The molecule has 0 radical (unpaired) electrons. The summed E-state index contributed by atoms with van der Waals surface area (Å²) in [4.78, 5) is 25.6. The number of carboxylic acid groups (broad SMARTS) is 1. The molecule has 1 aromatic rings. The highest BCUT2D eigenvalue weighted by Crippen LogP contribution is 2.18. The van der Waals surface area contributed by atoms with E-state index in [0.717, 1.165) is 0 Å². The fraction of sp³-hybridized carbons (Fsp3) is 0.300. The number of aromatic nitrogens is 1. The highest BCUT2D eigenvalue weighted by molar-refractivity contribution is 5.87. The maximum Gasteiger partial charge on any atom is 0.354 e. The quantitative estimate of drug-likeness (QED) is 0.570. The lowest BCUT2D eigenvalue weighted by Crippen LogP contribution is -2.24. The van der Waals surface area contributed by atoms with Gasteiger partial charge in [-0.2, -0.15) is 0 Å². The smallest absolute Gasteiger partial charge is 0.354 e. The molecule has 1 aliphatic heterocycles. The van der Waals surface area contributed by atoms with Crippen molar-refractivity contribution in [3.8, 4) is 0 Å². The van der Waals surface area contributed by atoms with Crippen LogP contribution in [0.25, 0.3) is 0 Å². The third-order valence-electron chi connectivity index (χ3n) is 2.46. The van der Waals surface area contributed by atoms with Gasteiger partial charge in [0.05, 0.1) is 11.7 Å². The monoisotopic (exact) mass is 236 g/mol. The molecule has 2 rings (SSSR count). The molecule has 7 nitrogen and oxygen atoms in total. The van der Waals surface area contributed by atoms with E-state index in [4.69, 9.17) is 10.8 Å². The van der Waals surface area contributed by atoms with Crippen molar-refractivity contribution in [1.82, 2.24) is 10.3 Å². The second kappa shape index (κ2) is 4.28. The van der Waals surface area contributed by atoms with E-state index in [2.05, 4.69) is 15.6 Å². The Hall–Kier alpha value is -2.31. The molecule has 1 aromatic heterocycles. The number of nitrogens with two attached hydrogens (primary N) is 1. The van der Waals surface area contributed by atoms with Gasteiger partial charge in [-0.25, -0.2) is 9.78 Å². The molecule has 0 aliphatic carbocycles. The summed E-state index contributed by atoms with van der Waals surface area (Å²) in [5.74, 6) is -0.865. The first-order valence-corrected chi connectivity index (χ1v) is 5.09. The molecule has 1 aliphatic rings. The van der Waals surface area contributed by atoms with Crippen LogP contribution < -0.4 is 16.4 Å². The minimum atomic E-state index is -1.12. The molecule has 1 fully saturated rings. The van der Waals surface area contributed by atoms with E-state index in [0.29, 0.717) is 24.5 Å². The van der Waals surface area contributed by atoms with Crippen molar-refractivity contribution in [1.29, 1.82) is 0 Å². The van der Waals surface area contributed by atoms with Gasteiger partial charge in [0.25, 0.3) is 0 Å². The van der Waals surface area contributed by atoms with Crippen molar-refractivity contribution >= 4 is 23.4 Å². The second-order valence-electron chi connectivity index (χ2n) is 3.79. The van der Waals surface area contributed by atoms with E-state index in [9.17, 15) is 9.59 Å². The van der Waals surface area contributed by atoms with Crippen molar-refractivity contribution in [2.24, 2.45) is 0 Å². The number of aromatic carboxylic acids is 1. The number of carbonyl (C=O) groups excluding carboxylic acids is 1. The summed E-state index contributed by atoms with van der Waals surface area (Å²) in [5, 5.41) is 14.4. The topological polar surface area (TPSA) is 117 Å². The first-order valence-electron chi connectivity index (χ1n) is 5.09. The number of pyridine rings is 1. The predicted molar refractivity (Wildman–Crippen MR) is 60.6 cm³/mol. The number of anilines is 2. The summed E-state index contributed by atoms with van der Waals surface area (Å²) in [7, 11) is 0. The number of hydrogen-bond acceptors (Lipinski definition) is 5. The van der Waals surface area contributed by atoms with E-state index >= 15 is 0 Å². The predicted octanol–water partition coefficient (Wildman–Crippen LogP) is -0.338. The Morgan fingerprint density at radius 3 is 2.94 bits per heavy atom. The number of carbonyl (C=O) groups is 2. The number of hydrogen-bond donors (Lipinski definition) is 4. The molecule has 0 saturated carbocycles. The standard InChI is InChI=1S/C10H12N4O3/c11-6-1-2-7(10(16)17)14-9(6)13-5-3-8(15)12-4-5/h1-2,5H,3-4,11H2,(H,12,15)(H,13,14)(H,16,17). The molecule has 1 saturated heterocycles. The Morgan fingerprint density at radius 2 is 2.35 bits per heavy atom. The van der Waals surface area contributed by atoms with Gasteiger partial charge >= 0.3 is 5.97 Å². The molecular weight excluding hydrogens is 224 g/mol. The second-order valence-corrected chi connectivity index (χ2v) is 3.79. The van der Waals surface area contributed by atoms with Crippen LogP contribution in [0.4, 0.5) is 11.5 Å². The van der Waals surface area contributed by atoms with Gasteiger partial charge in [0.1, 0.15) is 5.82 Å². The van der Waals surface area contributed by atoms with E-state index in [1.807, 2.05) is 0 Å². The summed E-state index contributed by atoms with van der Waals surface area (Å²) < 4.78 is 0. The lowest BCUT2D eigenvalue weighted by Gasteiger charge is -2.13. The Labute approximate surface area is 97.0 Å². The van der Waals surface area contributed by atoms with Gasteiger partial charge in [0.2, 0.25) is 5.91 Å². The number of amides is 1. The average molecular weight is 236 g/mol. The molecule has 17 heavy (non-hydrogen) atoms. The third-order valence-corrected chi connectivity index (χ3v) is 2.46. The van der Waals surface area contributed by atoms with Crippen LogP contribution in [0.15, 0.2) is 12.1 Å². The molecule has 5 N–H and O–H groups in total. The minimum Gasteiger partial charge on any atom is -0.477 e. The van der Waals surface area contributed by atoms with Gasteiger partial charge in [-0.3, -0.25) is 4.79 Å². The normalized spacial score (nSPS) is 18.8. The van der Waals surface area contributed by atoms with Crippen LogP contribution >= 0.6 is 0 Å². The molecule has 2 heterocycles. The molecule has 1 unspecified atom stereocenters. The number of nitrogens with zero attached hydrogens (tertiary/aromatic N) is 1. The van der Waals surface area contributed by atoms with Crippen molar-refractivity contribution in [3.63, 3.8) is 0 Å². The first-order chi connectivity index (χ1) is 8.06. The molecule has 0 bridgehead atoms. The third kappa shape index (κ3) is 2.44. The van der Waals surface area contributed by atoms with Crippen molar-refractivity contribution in [3.05, 3.63) is 17.8 Å². The molecule has 90 valence electrons. The van der Waals surface area contributed by atoms with Gasteiger partial charge in [-0.15, -0.1) is 0 Å². The van der Waals surface area contributed by atoms with Crippen LogP contribution in [0.5, 0.6) is 0 Å². The first kappa shape index (κ1) is 11.2. The minimum absolute atomic E-state index is 0.0459. The Kier molecular flexibility index (Phi) is 2.82. The molecule has 1 atom stereocenters. The van der Waals surface area contributed by atoms with Crippen LogP contribution in [-0.2, 0) is 4.79 Å². The Bertz CT molecular complexity index is 475. The van der Waals surface area contributed by atoms with Crippen molar-refractivity contribution < 1.29 is 14.7 Å². The zero-order chi connectivity index (χ0) is 12.4. The summed E-state index contributed by atoms with van der Waals surface area (Å²) >= 11 is 0. The fourth-order valence-corrected chi connectivity index (χ4v) is 1.61. The SMILES string of the molecule is Nc1ccc(C(=O)O)nc1NC1CNC(=O)C1. The van der Waals surface area contributed by atoms with Crippen LogP contribution in [-0.4, -0.2) is 34.6 Å². The molecule has 0 aromatic carbocycles.